The summed E-state index contributed by atoms with van der Waals surface area (Å²) in [4.78, 5) is 29.8. The molecule has 2 amide bonds. The lowest BCUT2D eigenvalue weighted by Crippen LogP contribution is -2.51. The maximum absolute atomic E-state index is 12.5. The molecule has 0 unspecified atom stereocenters. The quantitative estimate of drug-likeness (QED) is 0.689. The SMILES string of the molecule is Cc1cc(Br)ccc1SCC(=O)N1CCN(C(=O)c2ccccc2)CC1. The second-order valence-electron chi connectivity index (χ2n) is 6.24. The molecule has 26 heavy (non-hydrogen) atoms. The Morgan fingerprint density at radius 3 is 2.31 bits per heavy atom. The molecule has 0 atom stereocenters. The number of halogens is 1. The van der Waals surface area contributed by atoms with Gasteiger partial charge in [-0.15, -0.1) is 11.8 Å². The molecule has 0 bridgehead atoms. The van der Waals surface area contributed by atoms with E-state index in [-0.39, 0.29) is 11.8 Å². The van der Waals surface area contributed by atoms with Crippen LogP contribution in [0.3, 0.4) is 0 Å². The first-order valence-corrected chi connectivity index (χ1v) is 10.3. The van der Waals surface area contributed by atoms with Gasteiger partial charge >= 0.3 is 0 Å². The number of aryl methyl sites for hydroxylation is 1. The molecule has 0 aromatic heterocycles. The minimum absolute atomic E-state index is 0.0394. The number of piperazine rings is 1. The minimum atomic E-state index is 0.0394. The van der Waals surface area contributed by atoms with Crippen molar-refractivity contribution in [3.05, 3.63) is 64.1 Å². The highest BCUT2D eigenvalue weighted by atomic mass is 79.9. The molecule has 2 aromatic rings. The van der Waals surface area contributed by atoms with Crippen LogP contribution in [0.1, 0.15) is 15.9 Å². The van der Waals surface area contributed by atoms with Gasteiger partial charge in [0.25, 0.3) is 5.91 Å². The number of rotatable bonds is 4. The Balaban J connectivity index is 1.50. The number of carbonyl (C=O) groups excluding carboxylic acids is 2. The van der Waals surface area contributed by atoms with Crippen LogP contribution in [0.5, 0.6) is 0 Å². The van der Waals surface area contributed by atoms with Gasteiger partial charge in [0.15, 0.2) is 0 Å². The molecule has 2 aromatic carbocycles. The number of nitrogens with zero attached hydrogens (tertiary/aromatic N) is 2. The van der Waals surface area contributed by atoms with E-state index in [1.54, 1.807) is 11.8 Å². The van der Waals surface area contributed by atoms with E-state index in [0.29, 0.717) is 37.5 Å². The summed E-state index contributed by atoms with van der Waals surface area (Å²) < 4.78 is 1.05. The summed E-state index contributed by atoms with van der Waals surface area (Å²) >= 11 is 5.03. The molecule has 3 rings (SSSR count). The number of thioether (sulfide) groups is 1. The van der Waals surface area contributed by atoms with Crippen LogP contribution in [0.15, 0.2) is 57.9 Å². The van der Waals surface area contributed by atoms with Crippen molar-refractivity contribution in [1.29, 1.82) is 0 Å². The van der Waals surface area contributed by atoms with Gasteiger partial charge in [0.2, 0.25) is 5.91 Å². The Morgan fingerprint density at radius 2 is 1.65 bits per heavy atom. The molecule has 0 spiro atoms. The summed E-state index contributed by atoms with van der Waals surface area (Å²) in [5, 5.41) is 0. The lowest BCUT2D eigenvalue weighted by molar-refractivity contribution is -0.129. The Kier molecular flexibility index (Phi) is 6.38. The molecule has 0 N–H and O–H groups in total. The third-order valence-corrected chi connectivity index (χ3v) is 6.08. The van der Waals surface area contributed by atoms with Gasteiger partial charge in [0.1, 0.15) is 0 Å². The fourth-order valence-electron chi connectivity index (χ4n) is 2.93. The predicted octanol–water partition coefficient (Wildman–Crippen LogP) is 3.83. The van der Waals surface area contributed by atoms with Gasteiger partial charge in [-0.1, -0.05) is 34.1 Å². The number of carbonyl (C=O) groups is 2. The molecule has 1 fully saturated rings. The van der Waals surface area contributed by atoms with Crippen molar-refractivity contribution in [3.63, 3.8) is 0 Å². The zero-order valence-corrected chi connectivity index (χ0v) is 17.1. The Labute approximate surface area is 166 Å². The van der Waals surface area contributed by atoms with Crippen LogP contribution in [-0.2, 0) is 4.79 Å². The average Bonchev–Trinajstić information content (AvgIpc) is 2.67. The standard InChI is InChI=1S/C20H21BrN2O2S/c1-15-13-17(21)7-8-18(15)26-14-19(24)22-9-11-23(12-10-22)20(25)16-5-3-2-4-6-16/h2-8,13H,9-12,14H2,1H3. The van der Waals surface area contributed by atoms with Gasteiger partial charge in [0.05, 0.1) is 5.75 Å². The third-order valence-electron chi connectivity index (χ3n) is 4.43. The van der Waals surface area contributed by atoms with Crippen molar-refractivity contribution in [3.8, 4) is 0 Å². The lowest BCUT2D eigenvalue weighted by atomic mass is 10.2. The molecule has 1 aliphatic rings. The van der Waals surface area contributed by atoms with Crippen molar-refractivity contribution in [1.82, 2.24) is 9.80 Å². The summed E-state index contributed by atoms with van der Waals surface area (Å²) in [5.41, 5.74) is 1.86. The second kappa shape index (κ2) is 8.73. The van der Waals surface area contributed by atoms with Crippen molar-refractivity contribution in [2.45, 2.75) is 11.8 Å². The summed E-state index contributed by atoms with van der Waals surface area (Å²) in [6, 6.07) is 15.4. The average molecular weight is 433 g/mol. The van der Waals surface area contributed by atoms with Crippen LogP contribution in [0.2, 0.25) is 0 Å². The molecule has 0 aliphatic carbocycles. The number of hydrogen-bond donors (Lipinski definition) is 0. The fourth-order valence-corrected chi connectivity index (χ4v) is 4.32. The summed E-state index contributed by atoms with van der Waals surface area (Å²) in [7, 11) is 0. The predicted molar refractivity (Wildman–Crippen MR) is 109 cm³/mol. The van der Waals surface area contributed by atoms with E-state index in [1.807, 2.05) is 59.2 Å². The van der Waals surface area contributed by atoms with Gasteiger partial charge < -0.3 is 9.80 Å². The van der Waals surface area contributed by atoms with Crippen LogP contribution >= 0.6 is 27.7 Å². The van der Waals surface area contributed by atoms with E-state index in [1.165, 1.54) is 0 Å². The molecule has 1 aliphatic heterocycles. The van der Waals surface area contributed by atoms with Crippen LogP contribution in [0, 0.1) is 6.92 Å². The fraction of sp³-hybridized carbons (Fsp3) is 0.300. The molecule has 0 radical (unpaired) electrons. The Morgan fingerprint density at radius 1 is 1.00 bits per heavy atom. The second-order valence-corrected chi connectivity index (χ2v) is 8.17. The van der Waals surface area contributed by atoms with Gasteiger partial charge in [-0.3, -0.25) is 9.59 Å². The van der Waals surface area contributed by atoms with Crippen LogP contribution < -0.4 is 0 Å². The monoisotopic (exact) mass is 432 g/mol. The molecule has 1 saturated heterocycles. The zero-order chi connectivity index (χ0) is 18.5. The summed E-state index contributed by atoms with van der Waals surface area (Å²) in [5.74, 6) is 0.594. The van der Waals surface area contributed by atoms with Gasteiger partial charge in [0, 0.05) is 41.1 Å². The Bertz CT molecular complexity index is 790. The minimum Gasteiger partial charge on any atom is -0.338 e. The maximum atomic E-state index is 12.5. The smallest absolute Gasteiger partial charge is 0.253 e. The van der Waals surface area contributed by atoms with Crippen molar-refractivity contribution in [2.75, 3.05) is 31.9 Å². The Hall–Kier alpha value is -1.79. The highest BCUT2D eigenvalue weighted by Crippen LogP contribution is 2.25. The van der Waals surface area contributed by atoms with Gasteiger partial charge in [-0.05, 0) is 42.8 Å². The largest absolute Gasteiger partial charge is 0.338 e. The summed E-state index contributed by atoms with van der Waals surface area (Å²) in [6.07, 6.45) is 0. The summed E-state index contributed by atoms with van der Waals surface area (Å²) in [6.45, 7) is 4.41. The van der Waals surface area contributed by atoms with Crippen LogP contribution in [0.25, 0.3) is 0 Å². The van der Waals surface area contributed by atoms with E-state index < -0.39 is 0 Å². The van der Waals surface area contributed by atoms with Crippen LogP contribution in [-0.4, -0.2) is 53.5 Å². The first-order chi connectivity index (χ1) is 12.5. The van der Waals surface area contributed by atoms with Gasteiger partial charge in [-0.25, -0.2) is 0 Å². The highest BCUT2D eigenvalue weighted by molar-refractivity contribution is 9.10. The number of hydrogen-bond acceptors (Lipinski definition) is 3. The highest BCUT2D eigenvalue weighted by Gasteiger charge is 2.24. The zero-order valence-electron chi connectivity index (χ0n) is 14.7. The third kappa shape index (κ3) is 4.68. The van der Waals surface area contributed by atoms with E-state index in [0.717, 1.165) is 14.9 Å². The maximum Gasteiger partial charge on any atom is 0.253 e. The van der Waals surface area contributed by atoms with E-state index in [2.05, 4.69) is 22.0 Å². The lowest BCUT2D eigenvalue weighted by Gasteiger charge is -2.34. The van der Waals surface area contributed by atoms with Crippen molar-refractivity contribution >= 4 is 39.5 Å². The van der Waals surface area contributed by atoms with E-state index in [4.69, 9.17) is 0 Å². The van der Waals surface area contributed by atoms with Crippen LogP contribution in [0.4, 0.5) is 0 Å². The van der Waals surface area contributed by atoms with E-state index in [9.17, 15) is 9.59 Å². The molecule has 1 heterocycles. The normalized spacial score (nSPS) is 14.4. The van der Waals surface area contributed by atoms with Gasteiger partial charge in [-0.2, -0.15) is 0 Å². The molecular formula is C20H21BrN2O2S. The van der Waals surface area contributed by atoms with Crippen molar-refractivity contribution in [2.24, 2.45) is 0 Å². The first kappa shape index (κ1) is 19.0. The topological polar surface area (TPSA) is 40.6 Å². The van der Waals surface area contributed by atoms with Crippen molar-refractivity contribution < 1.29 is 9.59 Å². The first-order valence-electron chi connectivity index (χ1n) is 8.55. The molecule has 6 heteroatoms. The van der Waals surface area contributed by atoms with E-state index >= 15 is 0 Å². The molecular weight excluding hydrogens is 412 g/mol. The molecule has 136 valence electrons. The number of benzene rings is 2. The molecule has 4 nitrogen and oxygen atoms in total. The number of amides is 2. The molecule has 0 saturated carbocycles.